The number of rotatable bonds is 6. The number of hydrogen-bond donors (Lipinski definition) is 1. The van der Waals surface area contributed by atoms with Crippen LogP contribution in [0.2, 0.25) is 0 Å². The minimum atomic E-state index is 0.406. The SMILES string of the molecule is CCCNC(C1CCCCC1CC)C1C(C)OC(C)C1C. The van der Waals surface area contributed by atoms with E-state index in [0.29, 0.717) is 30.1 Å². The summed E-state index contributed by atoms with van der Waals surface area (Å²) < 4.78 is 6.17. The van der Waals surface area contributed by atoms with E-state index in [0.717, 1.165) is 18.4 Å². The molecule has 2 fully saturated rings. The zero-order valence-corrected chi connectivity index (χ0v) is 14.9. The van der Waals surface area contributed by atoms with Gasteiger partial charge in [-0.2, -0.15) is 0 Å². The zero-order valence-electron chi connectivity index (χ0n) is 14.9. The molecule has 1 aliphatic heterocycles. The summed E-state index contributed by atoms with van der Waals surface area (Å²) in [5.74, 6) is 3.14. The maximum atomic E-state index is 6.17. The Morgan fingerprint density at radius 3 is 2.33 bits per heavy atom. The molecule has 0 spiro atoms. The molecule has 1 heterocycles. The molecule has 0 aromatic carbocycles. The van der Waals surface area contributed by atoms with Crippen LogP contribution < -0.4 is 5.32 Å². The fourth-order valence-corrected chi connectivity index (χ4v) is 5.01. The maximum absolute atomic E-state index is 6.17. The van der Waals surface area contributed by atoms with Crippen molar-refractivity contribution >= 4 is 0 Å². The molecule has 2 aliphatic rings. The van der Waals surface area contributed by atoms with E-state index in [1.165, 1.54) is 38.5 Å². The van der Waals surface area contributed by atoms with E-state index in [1.807, 2.05) is 0 Å². The van der Waals surface area contributed by atoms with Crippen LogP contribution in [-0.4, -0.2) is 24.8 Å². The predicted octanol–water partition coefficient (Wildman–Crippen LogP) is 4.63. The molecule has 1 saturated carbocycles. The summed E-state index contributed by atoms with van der Waals surface area (Å²) in [6.07, 6.45) is 9.13. The molecule has 2 nitrogen and oxygen atoms in total. The molecule has 2 rings (SSSR count). The van der Waals surface area contributed by atoms with E-state index in [2.05, 4.69) is 39.9 Å². The van der Waals surface area contributed by atoms with Crippen molar-refractivity contribution in [2.75, 3.05) is 6.54 Å². The van der Waals surface area contributed by atoms with Crippen molar-refractivity contribution in [2.45, 2.75) is 91.4 Å². The Hall–Kier alpha value is -0.0800. The summed E-state index contributed by atoms with van der Waals surface area (Å²) in [7, 11) is 0. The molecule has 0 aromatic heterocycles. The van der Waals surface area contributed by atoms with Gasteiger partial charge in [-0.1, -0.05) is 46.5 Å². The molecular weight excluding hydrogens is 258 g/mol. The summed E-state index contributed by atoms with van der Waals surface area (Å²) in [5.41, 5.74) is 0. The van der Waals surface area contributed by atoms with Crippen LogP contribution in [0, 0.1) is 23.7 Å². The first-order valence-electron chi connectivity index (χ1n) is 9.48. The Morgan fingerprint density at radius 2 is 1.76 bits per heavy atom. The van der Waals surface area contributed by atoms with Crippen molar-refractivity contribution in [1.82, 2.24) is 5.32 Å². The van der Waals surface area contributed by atoms with Crippen molar-refractivity contribution in [1.29, 1.82) is 0 Å². The highest BCUT2D eigenvalue weighted by molar-refractivity contribution is 4.97. The van der Waals surface area contributed by atoms with Crippen LogP contribution in [-0.2, 0) is 4.74 Å². The zero-order chi connectivity index (χ0) is 15.4. The summed E-state index contributed by atoms with van der Waals surface area (Å²) in [4.78, 5) is 0. The maximum Gasteiger partial charge on any atom is 0.0597 e. The van der Waals surface area contributed by atoms with Gasteiger partial charge >= 0.3 is 0 Å². The lowest BCUT2D eigenvalue weighted by Crippen LogP contribution is -2.50. The van der Waals surface area contributed by atoms with Crippen molar-refractivity contribution in [2.24, 2.45) is 23.7 Å². The lowest BCUT2D eigenvalue weighted by Gasteiger charge is -2.42. The fourth-order valence-electron chi connectivity index (χ4n) is 5.01. The molecule has 1 aliphatic carbocycles. The molecule has 7 atom stereocenters. The molecule has 0 amide bonds. The van der Waals surface area contributed by atoms with E-state index in [1.54, 1.807) is 0 Å². The fraction of sp³-hybridized carbons (Fsp3) is 1.00. The van der Waals surface area contributed by atoms with E-state index in [4.69, 9.17) is 4.74 Å². The van der Waals surface area contributed by atoms with Gasteiger partial charge in [0.2, 0.25) is 0 Å². The molecule has 0 aromatic rings. The second-order valence-corrected chi connectivity index (χ2v) is 7.58. The van der Waals surface area contributed by atoms with Gasteiger partial charge in [0.25, 0.3) is 0 Å². The van der Waals surface area contributed by atoms with Gasteiger partial charge < -0.3 is 10.1 Å². The molecule has 21 heavy (non-hydrogen) atoms. The van der Waals surface area contributed by atoms with Crippen molar-refractivity contribution in [3.63, 3.8) is 0 Å². The van der Waals surface area contributed by atoms with Crippen molar-refractivity contribution < 1.29 is 4.74 Å². The van der Waals surface area contributed by atoms with E-state index in [9.17, 15) is 0 Å². The monoisotopic (exact) mass is 295 g/mol. The minimum absolute atomic E-state index is 0.406. The molecule has 1 N–H and O–H groups in total. The highest BCUT2D eigenvalue weighted by Crippen LogP contribution is 2.43. The van der Waals surface area contributed by atoms with Crippen LogP contribution >= 0.6 is 0 Å². The van der Waals surface area contributed by atoms with Gasteiger partial charge in [-0.05, 0) is 51.0 Å². The van der Waals surface area contributed by atoms with Gasteiger partial charge in [-0.3, -0.25) is 0 Å². The first kappa shape index (κ1) is 17.3. The standard InChI is InChI=1S/C19H37NO/c1-6-12-20-19(17-11-9-8-10-16(17)7-2)18-13(3)14(4)21-15(18)5/h13-20H,6-12H2,1-5H3. The highest BCUT2D eigenvalue weighted by Gasteiger charge is 2.45. The number of nitrogens with one attached hydrogen (secondary N) is 1. The first-order valence-corrected chi connectivity index (χ1v) is 9.48. The second-order valence-electron chi connectivity index (χ2n) is 7.58. The Morgan fingerprint density at radius 1 is 1.05 bits per heavy atom. The predicted molar refractivity (Wildman–Crippen MR) is 90.5 cm³/mol. The smallest absolute Gasteiger partial charge is 0.0597 e. The van der Waals surface area contributed by atoms with Crippen LogP contribution in [0.25, 0.3) is 0 Å². The van der Waals surface area contributed by atoms with Gasteiger partial charge in [-0.15, -0.1) is 0 Å². The first-order chi connectivity index (χ1) is 10.1. The summed E-state index contributed by atoms with van der Waals surface area (Å²) in [6.45, 7) is 12.8. The molecule has 2 heteroatoms. The molecule has 1 saturated heterocycles. The average Bonchev–Trinajstić information content (AvgIpc) is 2.74. The van der Waals surface area contributed by atoms with Gasteiger partial charge in [0.15, 0.2) is 0 Å². The van der Waals surface area contributed by atoms with Crippen LogP contribution in [0.4, 0.5) is 0 Å². The van der Waals surface area contributed by atoms with Crippen LogP contribution in [0.15, 0.2) is 0 Å². The topological polar surface area (TPSA) is 21.3 Å². The van der Waals surface area contributed by atoms with E-state index < -0.39 is 0 Å². The van der Waals surface area contributed by atoms with Crippen LogP contribution in [0.3, 0.4) is 0 Å². The van der Waals surface area contributed by atoms with Gasteiger partial charge in [0.1, 0.15) is 0 Å². The third kappa shape index (κ3) is 3.82. The summed E-state index contributed by atoms with van der Waals surface area (Å²) >= 11 is 0. The Labute approximate surface area is 132 Å². The minimum Gasteiger partial charge on any atom is -0.375 e. The summed E-state index contributed by atoms with van der Waals surface area (Å²) in [5, 5.41) is 3.95. The largest absolute Gasteiger partial charge is 0.375 e. The lowest BCUT2D eigenvalue weighted by atomic mass is 9.67. The van der Waals surface area contributed by atoms with Gasteiger partial charge in [-0.25, -0.2) is 0 Å². The molecule has 124 valence electrons. The number of ether oxygens (including phenoxy) is 1. The Kier molecular flexibility index (Phi) is 6.55. The molecule has 7 unspecified atom stereocenters. The quantitative estimate of drug-likeness (QED) is 0.771. The Bertz CT molecular complexity index is 306. The molecular formula is C19H37NO. The normalized spacial score (nSPS) is 42.1. The second kappa shape index (κ2) is 7.97. The molecule has 0 bridgehead atoms. The van der Waals surface area contributed by atoms with Gasteiger partial charge in [0, 0.05) is 12.0 Å². The van der Waals surface area contributed by atoms with E-state index in [-0.39, 0.29) is 0 Å². The van der Waals surface area contributed by atoms with Crippen molar-refractivity contribution in [3.8, 4) is 0 Å². The average molecular weight is 296 g/mol. The Balaban J connectivity index is 2.16. The summed E-state index contributed by atoms with van der Waals surface area (Å²) in [6, 6.07) is 0.658. The van der Waals surface area contributed by atoms with E-state index >= 15 is 0 Å². The third-order valence-electron chi connectivity index (χ3n) is 6.32. The third-order valence-corrected chi connectivity index (χ3v) is 6.32. The van der Waals surface area contributed by atoms with Crippen LogP contribution in [0.1, 0.15) is 73.1 Å². The lowest BCUT2D eigenvalue weighted by molar-refractivity contribution is 0.0381. The van der Waals surface area contributed by atoms with Crippen LogP contribution in [0.5, 0.6) is 0 Å². The number of hydrogen-bond acceptors (Lipinski definition) is 2. The van der Waals surface area contributed by atoms with Gasteiger partial charge in [0.05, 0.1) is 12.2 Å². The molecule has 0 radical (unpaired) electrons. The van der Waals surface area contributed by atoms with Crippen molar-refractivity contribution in [3.05, 3.63) is 0 Å². The highest BCUT2D eigenvalue weighted by atomic mass is 16.5.